The van der Waals surface area contributed by atoms with Crippen molar-refractivity contribution in [1.82, 2.24) is 54.5 Å². The first-order chi connectivity index (χ1) is 34.0. The van der Waals surface area contributed by atoms with Gasteiger partial charge in [-0.15, -0.1) is 21.5 Å². The number of rotatable bonds is 16. The van der Waals surface area contributed by atoms with Crippen molar-refractivity contribution in [3.05, 3.63) is 116 Å². The summed E-state index contributed by atoms with van der Waals surface area (Å²) in [6.45, 7) is 12.8. The van der Waals surface area contributed by atoms with E-state index >= 15 is 0 Å². The number of piperidine rings is 1. The lowest BCUT2D eigenvalue weighted by Gasteiger charge is -2.32. The van der Waals surface area contributed by atoms with Crippen molar-refractivity contribution in [2.75, 3.05) is 64.9 Å². The van der Waals surface area contributed by atoms with Crippen LogP contribution in [0.2, 0.25) is 5.02 Å². The topological polar surface area (TPSA) is 215 Å². The normalized spacial score (nSPS) is 15.7. The van der Waals surface area contributed by atoms with Gasteiger partial charge in [-0.1, -0.05) is 35.9 Å². The first-order valence-corrected chi connectivity index (χ1v) is 25.1. The van der Waals surface area contributed by atoms with Crippen LogP contribution in [-0.4, -0.2) is 132 Å². The number of amides is 4. The lowest BCUT2D eigenvalue weighted by atomic mass is 9.98. The van der Waals surface area contributed by atoms with Crippen LogP contribution in [0.5, 0.6) is 0 Å². The number of aromatic nitrogens is 7. The Morgan fingerprint density at radius 2 is 1.73 bits per heavy atom. The van der Waals surface area contributed by atoms with E-state index in [1.54, 1.807) is 52.1 Å². The highest BCUT2D eigenvalue weighted by Crippen LogP contribution is 2.40. The molecule has 0 spiro atoms. The molecule has 71 heavy (non-hydrogen) atoms. The third-order valence-electron chi connectivity index (χ3n) is 13.5. The quantitative estimate of drug-likeness (QED) is 0.0689. The number of carbonyl (C=O) groups excluding carboxylic acids is 4. The fraction of sp³-hybridized carbons (Fsp3) is 0.412. The number of nitrogens with one attached hydrogen (secondary N) is 2. The number of nitrogens with zero attached hydrogens (tertiary/aromatic N) is 11. The van der Waals surface area contributed by atoms with Crippen LogP contribution in [-0.2, 0) is 20.8 Å². The zero-order chi connectivity index (χ0) is 50.7. The van der Waals surface area contributed by atoms with Crippen LogP contribution in [0.4, 0.5) is 11.5 Å². The third-order valence-corrected chi connectivity index (χ3v) is 14.9. The summed E-state index contributed by atoms with van der Waals surface area (Å²) in [6, 6.07) is 10.5. The lowest BCUT2D eigenvalue weighted by molar-refractivity contribution is -0.128. The number of unbranched alkanes of at least 4 members (excludes halogenated alkanes) is 1. The maximum absolute atomic E-state index is 13.9. The minimum Gasteiger partial charge on any atom is -0.383 e. The smallest absolute Gasteiger partial charge is 0.277 e. The molecule has 0 aliphatic carbocycles. The second kappa shape index (κ2) is 21.7. The summed E-state index contributed by atoms with van der Waals surface area (Å²) in [7, 11) is 5.45. The highest BCUT2D eigenvalue weighted by molar-refractivity contribution is 7.15. The highest BCUT2D eigenvalue weighted by atomic mass is 35.5. The summed E-state index contributed by atoms with van der Waals surface area (Å²) in [4.78, 5) is 73.9. The van der Waals surface area contributed by atoms with Crippen molar-refractivity contribution >= 4 is 74.8 Å². The first-order valence-electron chi connectivity index (χ1n) is 23.9. The van der Waals surface area contributed by atoms with Gasteiger partial charge in [-0.2, -0.15) is 5.10 Å². The molecular weight excluding hydrogens is 940 g/mol. The van der Waals surface area contributed by atoms with Gasteiger partial charge in [-0.3, -0.25) is 28.7 Å². The number of carbonyl (C=O) groups is 4. The molecule has 0 unspecified atom stereocenters. The van der Waals surface area contributed by atoms with E-state index in [4.69, 9.17) is 27.4 Å². The summed E-state index contributed by atoms with van der Waals surface area (Å²) in [6.07, 6.45) is 8.30. The molecule has 18 nitrogen and oxygen atoms in total. The Balaban J connectivity index is 0.827. The molecule has 6 aromatic rings. The van der Waals surface area contributed by atoms with E-state index < -0.39 is 11.9 Å². The summed E-state index contributed by atoms with van der Waals surface area (Å²) in [5, 5.41) is 21.8. The van der Waals surface area contributed by atoms with Crippen LogP contribution in [0.15, 0.2) is 59.9 Å². The van der Waals surface area contributed by atoms with Crippen molar-refractivity contribution < 1.29 is 19.2 Å². The maximum Gasteiger partial charge on any atom is 0.277 e. The zero-order valence-corrected chi connectivity index (χ0v) is 43.1. The summed E-state index contributed by atoms with van der Waals surface area (Å²) >= 11 is 7.94. The molecular formula is C51H61ClN14O4S. The Morgan fingerprint density at radius 1 is 0.958 bits per heavy atom. The van der Waals surface area contributed by atoms with Gasteiger partial charge in [0.15, 0.2) is 17.2 Å². The second-order valence-corrected chi connectivity index (χ2v) is 20.2. The zero-order valence-electron chi connectivity index (χ0n) is 41.5. The fourth-order valence-corrected chi connectivity index (χ4v) is 10.5. The van der Waals surface area contributed by atoms with E-state index in [1.807, 2.05) is 68.8 Å². The van der Waals surface area contributed by atoms with E-state index in [-0.39, 0.29) is 48.1 Å². The Kier molecular flexibility index (Phi) is 15.4. The number of thiophene rings is 1. The molecule has 2 aliphatic rings. The molecule has 0 saturated carbocycles. The maximum atomic E-state index is 13.9. The van der Waals surface area contributed by atoms with Crippen molar-refractivity contribution in [2.24, 2.45) is 4.99 Å². The number of halogens is 1. The van der Waals surface area contributed by atoms with Crippen LogP contribution >= 0.6 is 22.9 Å². The van der Waals surface area contributed by atoms with Gasteiger partial charge in [0.05, 0.1) is 30.0 Å². The predicted molar refractivity (Wildman–Crippen MR) is 278 cm³/mol. The number of nitrogen functional groups attached to an aromatic ring is 1. The Bertz CT molecular complexity index is 3060. The average Bonchev–Trinajstić information content (AvgIpc) is 4.00. The fourth-order valence-electron chi connectivity index (χ4n) is 9.11. The van der Waals surface area contributed by atoms with Crippen LogP contribution in [0.1, 0.15) is 105 Å². The molecule has 6 heterocycles. The van der Waals surface area contributed by atoms with E-state index in [9.17, 15) is 19.2 Å². The van der Waals surface area contributed by atoms with Crippen LogP contribution in [0.3, 0.4) is 0 Å². The van der Waals surface area contributed by atoms with E-state index in [0.29, 0.717) is 53.7 Å². The Morgan fingerprint density at radius 3 is 2.49 bits per heavy atom. The molecule has 2 atom stereocenters. The van der Waals surface area contributed by atoms with E-state index in [1.165, 1.54) is 11.2 Å². The SMILES string of the molecule is Cc1sc2c(c1C)C(c1ccc(Cl)cc1)=N[C@@H](CC(=O)NCCCCN(C)C/C=C/C(=O)N1CCC[C@@H](n3nc(C(=O)Nc4ccc(CC(=O)N(C)C)c(C)c4C)c4c(N)ncnc43)C1)c1nnc(C)n1-2. The standard InChI is InChI=1S/C51H61ClN14O4S/c1-29-30(2)38(20-17-35(29)25-42(69)62(6)7)58-50(70)46-44-47(53)55-28-56-49(44)66(61-46)37-13-11-24-64(27-37)41(68)14-12-23-63(8)22-10-9-21-54-40(67)26-39-48-60-59-33(5)65(48)51-43(31(3)32(4)71-51)45(57-39)34-15-18-36(52)19-16-34/h12,14-20,28,37,39H,9-11,13,21-27H2,1-8H3,(H,54,67)(H,58,70)(H2,53,55,56)/b14-12+/t37-,39+/m1/s1. The number of likely N-dealkylation sites (tertiary alicyclic amines) is 1. The van der Waals surface area contributed by atoms with Crippen molar-refractivity contribution in [3.63, 3.8) is 0 Å². The second-order valence-electron chi connectivity index (χ2n) is 18.6. The van der Waals surface area contributed by atoms with Crippen LogP contribution in [0.25, 0.3) is 16.0 Å². The van der Waals surface area contributed by atoms with Gasteiger partial charge in [0.1, 0.15) is 29.0 Å². The number of hydrogen-bond donors (Lipinski definition) is 3. The third kappa shape index (κ3) is 10.9. The largest absolute Gasteiger partial charge is 0.383 e. The van der Waals surface area contributed by atoms with Crippen LogP contribution in [0, 0.1) is 34.6 Å². The monoisotopic (exact) mass is 1000 g/mol. The number of aryl methyl sites for hydroxylation is 2. The number of nitrogens with two attached hydrogens (primary N) is 1. The molecule has 0 radical (unpaired) electrons. The number of anilines is 2. The minimum absolute atomic E-state index is 0.0121. The van der Waals surface area contributed by atoms with Gasteiger partial charge in [0, 0.05) is 73.1 Å². The first kappa shape index (κ1) is 50.6. The van der Waals surface area contributed by atoms with Crippen molar-refractivity contribution in [3.8, 4) is 5.00 Å². The van der Waals surface area contributed by atoms with Crippen molar-refractivity contribution in [1.29, 1.82) is 0 Å². The molecule has 0 bridgehead atoms. The molecule has 8 rings (SSSR count). The molecule has 20 heteroatoms. The number of likely N-dealkylation sites (N-methyl/N-ethyl adjacent to an activating group) is 2. The highest BCUT2D eigenvalue weighted by Gasteiger charge is 2.33. The van der Waals surface area contributed by atoms with Crippen LogP contribution < -0.4 is 16.4 Å². The van der Waals surface area contributed by atoms with Gasteiger partial charge < -0.3 is 31.1 Å². The lowest BCUT2D eigenvalue weighted by Crippen LogP contribution is -2.40. The molecule has 4 N–H and O–H groups in total. The van der Waals surface area contributed by atoms with Gasteiger partial charge >= 0.3 is 0 Å². The van der Waals surface area contributed by atoms with Gasteiger partial charge in [0.25, 0.3) is 5.91 Å². The molecule has 372 valence electrons. The van der Waals surface area contributed by atoms with Gasteiger partial charge in [0.2, 0.25) is 17.7 Å². The molecule has 2 aromatic carbocycles. The summed E-state index contributed by atoms with van der Waals surface area (Å²) in [5.74, 6) is 0.813. The summed E-state index contributed by atoms with van der Waals surface area (Å²) in [5.41, 5.74) is 14.0. The van der Waals surface area contributed by atoms with E-state index in [0.717, 1.165) is 82.1 Å². The molecule has 4 amide bonds. The van der Waals surface area contributed by atoms with Gasteiger partial charge in [-0.25, -0.2) is 14.6 Å². The van der Waals surface area contributed by atoms with Gasteiger partial charge in [-0.05, 0) is 114 Å². The molecule has 1 fully saturated rings. The minimum atomic E-state index is -0.540. The number of hydrogen-bond acceptors (Lipinski definition) is 13. The molecule has 1 saturated heterocycles. The predicted octanol–water partition coefficient (Wildman–Crippen LogP) is 6.66. The van der Waals surface area contributed by atoms with Crippen molar-refractivity contribution in [2.45, 2.75) is 85.2 Å². The average molecular weight is 1000 g/mol. The molecule has 2 aliphatic heterocycles. The number of benzene rings is 2. The Labute approximate surface area is 422 Å². The Hall–Kier alpha value is -6.83. The number of fused-ring (bicyclic) bond motifs is 4. The van der Waals surface area contributed by atoms with E-state index in [2.05, 4.69) is 49.5 Å². The summed E-state index contributed by atoms with van der Waals surface area (Å²) < 4.78 is 3.75. The number of aliphatic imine (C=N–C) groups is 1. The molecule has 4 aromatic heterocycles.